The van der Waals surface area contributed by atoms with Crippen LogP contribution in [0, 0.1) is 0 Å². The smallest absolute Gasteiger partial charge is 1.00 e. The summed E-state index contributed by atoms with van der Waals surface area (Å²) in [5.41, 5.74) is -0.828. The molecule has 52 valence electrons. The first-order valence-electron chi connectivity index (χ1n) is 2.63. The number of hydrogen-bond donors (Lipinski definition) is 1. The molecule has 0 amide bonds. The van der Waals surface area contributed by atoms with E-state index < -0.39 is 5.60 Å². The van der Waals surface area contributed by atoms with E-state index in [4.69, 9.17) is 5.11 Å². The zero-order chi connectivity index (χ0) is 6.78. The molecule has 1 N–H and O–H groups in total. The molecule has 0 radical (unpaired) electrons. The molecule has 0 aliphatic heterocycles. The second-order valence-electron chi connectivity index (χ2n) is 2.69. The summed E-state index contributed by atoms with van der Waals surface area (Å²) in [5.74, 6) is 0.0255. The molecule has 0 aromatic carbocycles. The number of rotatable bonds is 2. The maximum absolute atomic E-state index is 10.3. The summed E-state index contributed by atoms with van der Waals surface area (Å²) in [4.78, 5) is 10.3. The Bertz CT molecular complexity index is 101. The average Bonchev–Trinajstić information content (AvgIpc) is 1.21. The topological polar surface area (TPSA) is 37.3 Å². The van der Waals surface area contributed by atoms with Gasteiger partial charge in [-0.15, -0.1) is 0 Å². The van der Waals surface area contributed by atoms with E-state index >= 15 is 0 Å². The van der Waals surface area contributed by atoms with Crippen LogP contribution in [0.3, 0.4) is 0 Å². The summed E-state index contributed by atoms with van der Waals surface area (Å²) in [6, 6.07) is 0. The van der Waals surface area contributed by atoms with E-state index in [1.807, 2.05) is 0 Å². The van der Waals surface area contributed by atoms with Crippen LogP contribution in [0.1, 0.15) is 30.0 Å². The summed E-state index contributed by atoms with van der Waals surface area (Å²) in [6.07, 6.45) is 0.243. The first kappa shape index (κ1) is 12.6. The van der Waals surface area contributed by atoms with Crippen LogP contribution < -0.4 is 0 Å². The maximum Gasteiger partial charge on any atom is 2.00 e. The van der Waals surface area contributed by atoms with Crippen LogP contribution in [0.25, 0.3) is 0 Å². The van der Waals surface area contributed by atoms with Crippen LogP contribution in [0.15, 0.2) is 0 Å². The molecule has 0 unspecified atom stereocenters. The van der Waals surface area contributed by atoms with E-state index in [-0.39, 0.29) is 52.8 Å². The van der Waals surface area contributed by atoms with Crippen LogP contribution in [-0.4, -0.2) is 54.2 Å². The zero-order valence-electron chi connectivity index (χ0n) is 8.27. The molecular weight excluding hydrogens is 144 g/mol. The number of carbonyl (C=O) groups is 1. The maximum atomic E-state index is 10.3. The predicted molar refractivity (Wildman–Crippen MR) is 39.6 cm³/mol. The minimum atomic E-state index is -0.828. The van der Waals surface area contributed by atoms with Gasteiger partial charge in [0.25, 0.3) is 0 Å². The van der Waals surface area contributed by atoms with Crippen molar-refractivity contribution in [2.75, 3.05) is 0 Å². The molecule has 0 aromatic heterocycles. The summed E-state index contributed by atoms with van der Waals surface area (Å²) in [5, 5.41) is 8.97. The van der Waals surface area contributed by atoms with Crippen molar-refractivity contribution in [1.29, 1.82) is 0 Å². The third-order valence-electron chi connectivity index (χ3n) is 0.682. The molecule has 2 nitrogen and oxygen atoms in total. The fraction of sp³-hybridized carbons (Fsp3) is 0.833. The molecule has 9 heavy (non-hydrogen) atoms. The predicted octanol–water partition coefficient (Wildman–Crippen LogP) is 0.581. The van der Waals surface area contributed by atoms with Gasteiger partial charge in [0.05, 0.1) is 5.60 Å². The Labute approximate surface area is 88.6 Å². The number of Topliss-reactive ketones (excluding diaryl/α,β-unsaturated/α-hetero) is 1. The summed E-state index contributed by atoms with van der Waals surface area (Å²) in [7, 11) is 0. The molecule has 0 saturated carbocycles. The van der Waals surface area contributed by atoms with Gasteiger partial charge in [0.15, 0.2) is 0 Å². The molecule has 0 heterocycles. The number of aliphatic hydroxyl groups is 1. The molecule has 0 rings (SSSR count). The minimum Gasteiger partial charge on any atom is -1.00 e. The molecule has 0 spiro atoms. The Hall–Kier alpha value is 0.890. The van der Waals surface area contributed by atoms with Crippen molar-refractivity contribution in [3.63, 3.8) is 0 Å². The van der Waals surface area contributed by atoms with Crippen molar-refractivity contribution in [3.8, 4) is 0 Å². The normalized spacial score (nSPS) is 10.2. The van der Waals surface area contributed by atoms with Gasteiger partial charge in [-0.25, -0.2) is 0 Å². The molecule has 0 aliphatic carbocycles. The molecule has 0 bridgehead atoms. The Morgan fingerprint density at radius 3 is 2.00 bits per heavy atom. The monoisotopic (exact) mass is 158 g/mol. The summed E-state index contributed by atoms with van der Waals surface area (Å²) in [6.45, 7) is 4.71. The van der Waals surface area contributed by atoms with Gasteiger partial charge < -0.3 is 7.96 Å². The van der Waals surface area contributed by atoms with E-state index in [1.165, 1.54) is 6.92 Å². The Morgan fingerprint density at radius 2 is 2.00 bits per heavy atom. The molecule has 0 atom stereocenters. The Kier molecular flexibility index (Phi) is 6.51. The standard InChI is InChI=1S/C6H12O2.Ca.2H/c1-5(7)4-6(2,3)8;;;/h8H,4H2,1-3H3;;;/q;+2;2*-1. The number of carbonyl (C=O) groups excluding carboxylic acids is 1. The van der Waals surface area contributed by atoms with Gasteiger partial charge in [0.1, 0.15) is 5.78 Å². The van der Waals surface area contributed by atoms with E-state index in [0.29, 0.717) is 0 Å². The van der Waals surface area contributed by atoms with Crippen LogP contribution >= 0.6 is 0 Å². The van der Waals surface area contributed by atoms with Crippen LogP contribution in [-0.2, 0) is 4.79 Å². The van der Waals surface area contributed by atoms with Crippen molar-refractivity contribution in [2.45, 2.75) is 32.8 Å². The van der Waals surface area contributed by atoms with Crippen molar-refractivity contribution < 1.29 is 12.8 Å². The van der Waals surface area contributed by atoms with Gasteiger partial charge in [-0.05, 0) is 20.8 Å². The van der Waals surface area contributed by atoms with Gasteiger partial charge in [-0.2, -0.15) is 0 Å². The van der Waals surface area contributed by atoms with Crippen molar-refractivity contribution in [3.05, 3.63) is 0 Å². The summed E-state index contributed by atoms with van der Waals surface area (Å²) < 4.78 is 0. The van der Waals surface area contributed by atoms with Crippen molar-refractivity contribution in [1.82, 2.24) is 0 Å². The fourth-order valence-electron chi connectivity index (χ4n) is 0.609. The van der Waals surface area contributed by atoms with Crippen molar-refractivity contribution in [2.24, 2.45) is 0 Å². The van der Waals surface area contributed by atoms with Gasteiger partial charge >= 0.3 is 37.7 Å². The second kappa shape index (κ2) is 4.67. The molecular formula is C6H14CaO2. The van der Waals surface area contributed by atoms with E-state index in [9.17, 15) is 4.79 Å². The fourth-order valence-corrected chi connectivity index (χ4v) is 0.609. The van der Waals surface area contributed by atoms with Crippen molar-refractivity contribution >= 4 is 43.5 Å². The Balaban J connectivity index is -0.0000000817. The summed E-state index contributed by atoms with van der Waals surface area (Å²) >= 11 is 0. The molecule has 0 aromatic rings. The van der Waals surface area contributed by atoms with Gasteiger partial charge in [0, 0.05) is 6.42 Å². The zero-order valence-corrected chi connectivity index (χ0v) is 8.48. The van der Waals surface area contributed by atoms with Gasteiger partial charge in [-0.1, -0.05) is 0 Å². The molecule has 0 fully saturated rings. The SMILES string of the molecule is CC(=O)CC(C)(C)O.[Ca+2].[H-].[H-]. The number of ketones is 1. The molecule has 0 aliphatic rings. The quantitative estimate of drug-likeness (QED) is 0.597. The number of hydrogen-bond acceptors (Lipinski definition) is 2. The van der Waals surface area contributed by atoms with E-state index in [1.54, 1.807) is 13.8 Å². The van der Waals surface area contributed by atoms with E-state index in [2.05, 4.69) is 0 Å². The average molecular weight is 158 g/mol. The first-order chi connectivity index (χ1) is 3.42. The van der Waals surface area contributed by atoms with Gasteiger partial charge in [-0.3, -0.25) is 4.79 Å². The van der Waals surface area contributed by atoms with E-state index in [0.717, 1.165) is 0 Å². The van der Waals surface area contributed by atoms with Crippen LogP contribution in [0.2, 0.25) is 0 Å². The first-order valence-corrected chi connectivity index (χ1v) is 2.63. The van der Waals surface area contributed by atoms with Gasteiger partial charge in [0.2, 0.25) is 0 Å². The Morgan fingerprint density at radius 1 is 1.67 bits per heavy atom. The molecule has 3 heteroatoms. The van der Waals surface area contributed by atoms with Crippen LogP contribution in [0.5, 0.6) is 0 Å². The minimum absolute atomic E-state index is 0. The third-order valence-corrected chi connectivity index (χ3v) is 0.682. The third kappa shape index (κ3) is 12.2. The second-order valence-corrected chi connectivity index (χ2v) is 2.69. The molecule has 0 saturated heterocycles. The largest absolute Gasteiger partial charge is 2.00 e. The van der Waals surface area contributed by atoms with Crippen LogP contribution in [0.4, 0.5) is 0 Å².